The van der Waals surface area contributed by atoms with Gasteiger partial charge in [0.05, 0.1) is 23.4 Å². The normalized spacial score (nSPS) is 14.0. The fourth-order valence-electron chi connectivity index (χ4n) is 2.91. The summed E-state index contributed by atoms with van der Waals surface area (Å²) in [5.41, 5.74) is 2.00. The molecule has 0 unspecified atom stereocenters. The highest BCUT2D eigenvalue weighted by atomic mass is 35.5. The van der Waals surface area contributed by atoms with Crippen LogP contribution in [0.5, 0.6) is 0 Å². The molecule has 0 aliphatic carbocycles. The van der Waals surface area contributed by atoms with Crippen molar-refractivity contribution in [1.29, 1.82) is 0 Å². The second kappa shape index (κ2) is 8.19. The van der Waals surface area contributed by atoms with E-state index in [9.17, 15) is 9.59 Å². The summed E-state index contributed by atoms with van der Waals surface area (Å²) in [6.07, 6.45) is 4.80. The summed E-state index contributed by atoms with van der Waals surface area (Å²) in [4.78, 5) is 30.3. The lowest BCUT2D eigenvalue weighted by molar-refractivity contribution is 0.0600. The Morgan fingerprint density at radius 2 is 1.92 bits per heavy atom. The number of carbonyl (C=O) groups is 2. The fourth-order valence-corrected chi connectivity index (χ4v) is 3.07. The molecule has 1 aromatic carbocycles. The number of hydrogen-bond acceptors (Lipinski definition) is 5. The molecule has 1 saturated heterocycles. The minimum absolute atomic E-state index is 0.0669. The van der Waals surface area contributed by atoms with Crippen LogP contribution in [0, 0.1) is 0 Å². The van der Waals surface area contributed by atoms with Crippen LogP contribution in [0.3, 0.4) is 0 Å². The van der Waals surface area contributed by atoms with Crippen molar-refractivity contribution in [2.24, 2.45) is 0 Å². The van der Waals surface area contributed by atoms with Crippen molar-refractivity contribution in [3.63, 3.8) is 0 Å². The van der Waals surface area contributed by atoms with Gasteiger partial charge in [0.1, 0.15) is 5.69 Å². The topological polar surface area (TPSA) is 71.5 Å². The average Bonchev–Trinajstić information content (AvgIpc) is 2.69. The number of piperidine rings is 1. The number of nitrogens with zero attached hydrogens (tertiary/aromatic N) is 2. The van der Waals surface area contributed by atoms with Crippen molar-refractivity contribution in [2.75, 3.05) is 25.5 Å². The van der Waals surface area contributed by atoms with Crippen molar-refractivity contribution in [2.45, 2.75) is 19.3 Å². The Morgan fingerprint density at radius 3 is 2.65 bits per heavy atom. The van der Waals surface area contributed by atoms with E-state index in [-0.39, 0.29) is 5.91 Å². The van der Waals surface area contributed by atoms with E-state index < -0.39 is 5.97 Å². The van der Waals surface area contributed by atoms with Crippen LogP contribution < -0.4 is 5.32 Å². The Hall–Kier alpha value is -2.60. The first-order valence-corrected chi connectivity index (χ1v) is 8.86. The molecule has 7 heteroatoms. The molecule has 0 atom stereocenters. The average molecular weight is 374 g/mol. The molecule has 6 nitrogen and oxygen atoms in total. The first kappa shape index (κ1) is 18.2. The number of pyridine rings is 1. The Balaban J connectivity index is 1.80. The number of benzene rings is 1. The van der Waals surface area contributed by atoms with Gasteiger partial charge in [-0.05, 0) is 49.6 Å². The van der Waals surface area contributed by atoms with E-state index in [4.69, 9.17) is 16.3 Å². The second-order valence-corrected chi connectivity index (χ2v) is 6.50. The van der Waals surface area contributed by atoms with Crippen LogP contribution in [0.25, 0.3) is 0 Å². The third kappa shape index (κ3) is 4.14. The van der Waals surface area contributed by atoms with Crippen molar-refractivity contribution in [3.8, 4) is 0 Å². The molecule has 1 aliphatic heterocycles. The summed E-state index contributed by atoms with van der Waals surface area (Å²) >= 11 is 6.21. The van der Waals surface area contributed by atoms with Crippen LogP contribution in [-0.2, 0) is 4.74 Å². The van der Waals surface area contributed by atoms with Gasteiger partial charge in [-0.15, -0.1) is 0 Å². The number of amides is 1. The van der Waals surface area contributed by atoms with Gasteiger partial charge < -0.3 is 15.0 Å². The minimum Gasteiger partial charge on any atom is -0.465 e. The molecule has 2 aromatic rings. The highest BCUT2D eigenvalue weighted by molar-refractivity contribution is 6.33. The number of ether oxygens (including phenoxy) is 1. The molecular formula is C19H20ClN3O3. The molecule has 26 heavy (non-hydrogen) atoms. The van der Waals surface area contributed by atoms with Gasteiger partial charge >= 0.3 is 5.97 Å². The molecule has 0 spiro atoms. The number of aromatic nitrogens is 1. The van der Waals surface area contributed by atoms with Crippen molar-refractivity contribution >= 4 is 34.9 Å². The van der Waals surface area contributed by atoms with E-state index in [1.807, 2.05) is 4.90 Å². The quantitative estimate of drug-likeness (QED) is 0.823. The summed E-state index contributed by atoms with van der Waals surface area (Å²) in [5, 5.41) is 3.60. The largest absolute Gasteiger partial charge is 0.465 e. The molecule has 3 rings (SSSR count). The van der Waals surface area contributed by atoms with Gasteiger partial charge in [-0.3, -0.25) is 9.78 Å². The maximum atomic E-state index is 12.6. The maximum absolute atomic E-state index is 12.6. The molecule has 0 bridgehead atoms. The van der Waals surface area contributed by atoms with Crippen molar-refractivity contribution in [1.82, 2.24) is 9.88 Å². The summed E-state index contributed by atoms with van der Waals surface area (Å²) in [7, 11) is 1.32. The lowest BCUT2D eigenvalue weighted by Crippen LogP contribution is -2.36. The van der Waals surface area contributed by atoms with Crippen LogP contribution in [0.1, 0.15) is 40.1 Å². The molecule has 0 radical (unpaired) electrons. The van der Waals surface area contributed by atoms with E-state index >= 15 is 0 Å². The summed E-state index contributed by atoms with van der Waals surface area (Å²) < 4.78 is 4.73. The standard InChI is InChI=1S/C19H20ClN3O3/c1-26-19(25)13-5-6-15(20)16(11-13)22-14-7-8-21-17(12-14)18(24)23-9-3-2-4-10-23/h5-8,11-12H,2-4,9-10H2,1H3,(H,21,22). The van der Waals surface area contributed by atoms with Gasteiger partial charge in [0.15, 0.2) is 0 Å². The summed E-state index contributed by atoms with van der Waals surface area (Å²) in [6.45, 7) is 1.54. The second-order valence-electron chi connectivity index (χ2n) is 6.09. The molecule has 1 aliphatic rings. The molecule has 136 valence electrons. The van der Waals surface area contributed by atoms with Crippen molar-refractivity contribution < 1.29 is 14.3 Å². The van der Waals surface area contributed by atoms with Gasteiger partial charge in [0.2, 0.25) is 0 Å². The van der Waals surface area contributed by atoms with Crippen LogP contribution in [0.4, 0.5) is 11.4 Å². The molecule has 0 saturated carbocycles. The first-order valence-electron chi connectivity index (χ1n) is 8.48. The molecule has 1 N–H and O–H groups in total. The number of halogens is 1. The van der Waals surface area contributed by atoms with Gasteiger partial charge in [-0.25, -0.2) is 4.79 Å². The summed E-state index contributed by atoms with van der Waals surface area (Å²) in [6, 6.07) is 8.27. The number of esters is 1. The Bertz CT molecular complexity index is 819. The van der Waals surface area contributed by atoms with Gasteiger partial charge in [-0.2, -0.15) is 0 Å². The monoisotopic (exact) mass is 373 g/mol. The zero-order valence-electron chi connectivity index (χ0n) is 14.5. The molecular weight excluding hydrogens is 354 g/mol. The Kier molecular flexibility index (Phi) is 5.73. The predicted octanol–water partition coefficient (Wildman–Crippen LogP) is 3.89. The zero-order chi connectivity index (χ0) is 18.5. The number of likely N-dealkylation sites (tertiary alicyclic amines) is 1. The molecule has 1 aromatic heterocycles. The number of rotatable bonds is 4. The number of nitrogens with one attached hydrogen (secondary N) is 1. The van der Waals surface area contributed by atoms with Gasteiger partial charge in [-0.1, -0.05) is 11.6 Å². The number of carbonyl (C=O) groups excluding carboxylic acids is 2. The van der Waals surface area contributed by atoms with E-state index in [0.717, 1.165) is 32.4 Å². The molecule has 2 heterocycles. The predicted molar refractivity (Wildman–Crippen MR) is 100 cm³/mol. The van der Waals surface area contributed by atoms with E-state index in [1.54, 1.807) is 36.5 Å². The lowest BCUT2D eigenvalue weighted by atomic mass is 10.1. The van der Waals surface area contributed by atoms with Gasteiger partial charge in [0.25, 0.3) is 5.91 Å². The third-order valence-electron chi connectivity index (χ3n) is 4.29. The maximum Gasteiger partial charge on any atom is 0.337 e. The minimum atomic E-state index is -0.444. The lowest BCUT2D eigenvalue weighted by Gasteiger charge is -2.26. The number of anilines is 2. The number of methoxy groups -OCH3 is 1. The number of hydrogen-bond donors (Lipinski definition) is 1. The highest BCUT2D eigenvalue weighted by Crippen LogP contribution is 2.27. The van der Waals surface area contributed by atoms with E-state index in [0.29, 0.717) is 27.7 Å². The Labute approximate surface area is 157 Å². The zero-order valence-corrected chi connectivity index (χ0v) is 15.3. The van der Waals surface area contributed by atoms with Crippen LogP contribution in [0.2, 0.25) is 5.02 Å². The van der Waals surface area contributed by atoms with Crippen LogP contribution in [0.15, 0.2) is 36.5 Å². The first-order chi connectivity index (χ1) is 12.6. The van der Waals surface area contributed by atoms with Crippen LogP contribution in [-0.4, -0.2) is 42.0 Å². The molecule has 1 fully saturated rings. The van der Waals surface area contributed by atoms with Gasteiger partial charge in [0, 0.05) is 25.0 Å². The van der Waals surface area contributed by atoms with Crippen LogP contribution >= 0.6 is 11.6 Å². The highest BCUT2D eigenvalue weighted by Gasteiger charge is 2.19. The fraction of sp³-hybridized carbons (Fsp3) is 0.316. The molecule has 1 amide bonds. The van der Waals surface area contributed by atoms with E-state index in [1.165, 1.54) is 7.11 Å². The third-order valence-corrected chi connectivity index (χ3v) is 4.62. The van der Waals surface area contributed by atoms with E-state index in [2.05, 4.69) is 10.3 Å². The SMILES string of the molecule is COC(=O)c1ccc(Cl)c(Nc2ccnc(C(=O)N3CCCCC3)c2)c1. The Morgan fingerprint density at radius 1 is 1.15 bits per heavy atom. The van der Waals surface area contributed by atoms with Crippen molar-refractivity contribution in [3.05, 3.63) is 52.8 Å². The smallest absolute Gasteiger partial charge is 0.337 e. The summed E-state index contributed by atoms with van der Waals surface area (Å²) in [5.74, 6) is -0.511.